The fourth-order valence-corrected chi connectivity index (χ4v) is 1.03. The highest BCUT2D eigenvalue weighted by molar-refractivity contribution is 6.18. The Morgan fingerprint density at radius 3 is 2.91 bits per heavy atom. The molecule has 1 aromatic heterocycles. The highest BCUT2D eigenvalue weighted by atomic mass is 35.5. The summed E-state index contributed by atoms with van der Waals surface area (Å²) in [5.41, 5.74) is 1.20. The number of rotatable bonds is 3. The first kappa shape index (κ1) is 8.60. The van der Waals surface area contributed by atoms with Crippen LogP contribution in [0.3, 0.4) is 0 Å². The van der Waals surface area contributed by atoms with Crippen LogP contribution in [0.25, 0.3) is 0 Å². The quantitative estimate of drug-likeness (QED) is 0.639. The van der Waals surface area contributed by atoms with Crippen molar-refractivity contribution in [3.63, 3.8) is 0 Å². The van der Waals surface area contributed by atoms with E-state index in [0.717, 1.165) is 6.54 Å². The number of halogens is 1. The van der Waals surface area contributed by atoms with Gasteiger partial charge < -0.3 is 0 Å². The molecule has 0 aliphatic heterocycles. The molecule has 2 nitrogen and oxygen atoms in total. The summed E-state index contributed by atoms with van der Waals surface area (Å²) in [6.07, 6.45) is 1.82. The van der Waals surface area contributed by atoms with Crippen molar-refractivity contribution in [3.05, 3.63) is 18.0 Å². The lowest BCUT2D eigenvalue weighted by molar-refractivity contribution is 0.478. The van der Waals surface area contributed by atoms with Crippen molar-refractivity contribution in [1.29, 1.82) is 0 Å². The summed E-state index contributed by atoms with van der Waals surface area (Å²) in [6.45, 7) is 5.09. The standard InChI is InChI=1S/C8H13ClN2/c1-7(5-9)6-11-8(2)3-4-10-11/h3-4,7H,5-6H2,1-2H3. The summed E-state index contributed by atoms with van der Waals surface area (Å²) in [7, 11) is 0. The molecule has 0 aliphatic rings. The van der Waals surface area contributed by atoms with Crippen molar-refractivity contribution in [2.75, 3.05) is 5.88 Å². The molecule has 1 rings (SSSR count). The summed E-state index contributed by atoms with van der Waals surface area (Å²) in [4.78, 5) is 0. The van der Waals surface area contributed by atoms with Gasteiger partial charge in [0.2, 0.25) is 0 Å². The summed E-state index contributed by atoms with van der Waals surface area (Å²) >= 11 is 5.68. The lowest BCUT2D eigenvalue weighted by Gasteiger charge is -2.08. The van der Waals surface area contributed by atoms with Crippen LogP contribution in [0.1, 0.15) is 12.6 Å². The van der Waals surface area contributed by atoms with E-state index < -0.39 is 0 Å². The lowest BCUT2D eigenvalue weighted by atomic mass is 10.2. The minimum atomic E-state index is 0.496. The zero-order valence-electron chi connectivity index (χ0n) is 6.92. The first-order valence-corrected chi connectivity index (χ1v) is 4.32. The van der Waals surface area contributed by atoms with E-state index in [1.807, 2.05) is 23.9 Å². The molecule has 0 saturated heterocycles. The number of aryl methyl sites for hydroxylation is 1. The van der Waals surface area contributed by atoms with E-state index in [2.05, 4.69) is 12.0 Å². The Hall–Kier alpha value is -0.500. The highest BCUT2D eigenvalue weighted by Crippen LogP contribution is 2.04. The highest BCUT2D eigenvalue weighted by Gasteiger charge is 2.02. The molecule has 3 heteroatoms. The van der Waals surface area contributed by atoms with Gasteiger partial charge >= 0.3 is 0 Å². The van der Waals surface area contributed by atoms with E-state index in [9.17, 15) is 0 Å². The van der Waals surface area contributed by atoms with Crippen molar-refractivity contribution >= 4 is 11.6 Å². The minimum absolute atomic E-state index is 0.496. The summed E-state index contributed by atoms with van der Waals surface area (Å²) in [5, 5.41) is 4.16. The second-order valence-corrected chi connectivity index (χ2v) is 3.22. The van der Waals surface area contributed by atoms with Gasteiger partial charge in [-0.25, -0.2) is 0 Å². The molecule has 0 N–H and O–H groups in total. The van der Waals surface area contributed by atoms with Crippen LogP contribution >= 0.6 is 11.6 Å². The zero-order valence-corrected chi connectivity index (χ0v) is 7.67. The maximum Gasteiger partial charge on any atom is 0.0492 e. The Balaban J connectivity index is 2.56. The van der Waals surface area contributed by atoms with Gasteiger partial charge in [-0.05, 0) is 18.9 Å². The third kappa shape index (κ3) is 2.22. The molecule has 1 heterocycles. The molecule has 1 aromatic rings. The van der Waals surface area contributed by atoms with Crippen LogP contribution in [0.5, 0.6) is 0 Å². The van der Waals surface area contributed by atoms with E-state index in [4.69, 9.17) is 11.6 Å². The first-order valence-electron chi connectivity index (χ1n) is 3.78. The van der Waals surface area contributed by atoms with Crippen molar-refractivity contribution in [3.8, 4) is 0 Å². The van der Waals surface area contributed by atoms with E-state index in [1.54, 1.807) is 0 Å². The van der Waals surface area contributed by atoms with Crippen LogP contribution in [0.15, 0.2) is 12.3 Å². The predicted molar refractivity (Wildman–Crippen MR) is 46.8 cm³/mol. The second-order valence-electron chi connectivity index (χ2n) is 2.91. The fraction of sp³-hybridized carbons (Fsp3) is 0.625. The Bertz CT molecular complexity index is 220. The molecule has 0 spiro atoms. The summed E-state index contributed by atoms with van der Waals surface area (Å²) in [6, 6.07) is 2.00. The van der Waals surface area contributed by atoms with Crippen LogP contribution in [0.4, 0.5) is 0 Å². The van der Waals surface area contributed by atoms with Gasteiger partial charge in [0.15, 0.2) is 0 Å². The predicted octanol–water partition coefficient (Wildman–Crippen LogP) is 2.07. The van der Waals surface area contributed by atoms with Gasteiger partial charge in [-0.1, -0.05) is 6.92 Å². The van der Waals surface area contributed by atoms with E-state index >= 15 is 0 Å². The molecule has 0 bridgehead atoms. The first-order chi connectivity index (χ1) is 5.24. The van der Waals surface area contributed by atoms with Crippen molar-refractivity contribution in [2.45, 2.75) is 20.4 Å². The molecule has 62 valence electrons. The Labute approximate surface area is 72.2 Å². The molecule has 0 aromatic carbocycles. The van der Waals surface area contributed by atoms with Crippen molar-refractivity contribution in [1.82, 2.24) is 9.78 Å². The average molecular weight is 173 g/mol. The Morgan fingerprint density at radius 1 is 1.73 bits per heavy atom. The fourth-order valence-electron chi connectivity index (χ4n) is 0.934. The Kier molecular flexibility index (Phi) is 2.94. The van der Waals surface area contributed by atoms with E-state index in [-0.39, 0.29) is 0 Å². The number of alkyl halides is 1. The number of aromatic nitrogens is 2. The molecular formula is C8H13ClN2. The van der Waals surface area contributed by atoms with Crippen molar-refractivity contribution < 1.29 is 0 Å². The van der Waals surface area contributed by atoms with Gasteiger partial charge in [-0.3, -0.25) is 4.68 Å². The third-order valence-corrected chi connectivity index (χ3v) is 2.20. The molecule has 0 aliphatic carbocycles. The van der Waals surface area contributed by atoms with Gasteiger partial charge in [0, 0.05) is 24.3 Å². The SMILES string of the molecule is Cc1ccnn1CC(C)CCl. The van der Waals surface area contributed by atoms with Crippen LogP contribution in [0, 0.1) is 12.8 Å². The minimum Gasteiger partial charge on any atom is -0.270 e. The monoisotopic (exact) mass is 172 g/mol. The normalized spacial score (nSPS) is 13.4. The third-order valence-electron chi connectivity index (χ3n) is 1.68. The lowest BCUT2D eigenvalue weighted by Crippen LogP contribution is -2.11. The zero-order chi connectivity index (χ0) is 8.27. The molecule has 0 saturated carbocycles. The molecule has 11 heavy (non-hydrogen) atoms. The van der Waals surface area contributed by atoms with Crippen molar-refractivity contribution in [2.24, 2.45) is 5.92 Å². The second kappa shape index (κ2) is 3.77. The smallest absolute Gasteiger partial charge is 0.0492 e. The largest absolute Gasteiger partial charge is 0.270 e. The topological polar surface area (TPSA) is 17.8 Å². The molecule has 1 unspecified atom stereocenters. The van der Waals surface area contributed by atoms with E-state index in [1.165, 1.54) is 5.69 Å². The van der Waals surface area contributed by atoms with E-state index in [0.29, 0.717) is 11.8 Å². The Morgan fingerprint density at radius 2 is 2.45 bits per heavy atom. The van der Waals surface area contributed by atoms with Crippen LogP contribution in [-0.2, 0) is 6.54 Å². The maximum atomic E-state index is 5.68. The molecule has 1 atom stereocenters. The van der Waals surface area contributed by atoms with Gasteiger partial charge in [0.1, 0.15) is 0 Å². The summed E-state index contributed by atoms with van der Waals surface area (Å²) in [5.74, 6) is 1.19. The molecular weight excluding hydrogens is 160 g/mol. The number of nitrogens with zero attached hydrogens (tertiary/aromatic N) is 2. The number of hydrogen-bond acceptors (Lipinski definition) is 1. The maximum absolute atomic E-state index is 5.68. The van der Waals surface area contributed by atoms with Gasteiger partial charge in [-0.15, -0.1) is 11.6 Å². The van der Waals surface area contributed by atoms with Crippen LogP contribution in [-0.4, -0.2) is 15.7 Å². The number of hydrogen-bond donors (Lipinski definition) is 0. The van der Waals surface area contributed by atoms with Gasteiger partial charge in [0.25, 0.3) is 0 Å². The van der Waals surface area contributed by atoms with Gasteiger partial charge in [-0.2, -0.15) is 5.10 Å². The molecule has 0 fully saturated rings. The molecule has 0 amide bonds. The van der Waals surface area contributed by atoms with Crippen LogP contribution in [0.2, 0.25) is 0 Å². The summed E-state index contributed by atoms with van der Waals surface area (Å²) < 4.78 is 1.98. The van der Waals surface area contributed by atoms with Gasteiger partial charge in [0.05, 0.1) is 0 Å². The van der Waals surface area contributed by atoms with Crippen LogP contribution < -0.4 is 0 Å². The average Bonchev–Trinajstić information content (AvgIpc) is 2.37. The molecule has 0 radical (unpaired) electrons.